The third kappa shape index (κ3) is 5.75. The highest BCUT2D eigenvalue weighted by Crippen LogP contribution is 2.36. The third-order valence-corrected chi connectivity index (χ3v) is 6.06. The second kappa shape index (κ2) is 9.48. The second-order valence-electron chi connectivity index (χ2n) is 6.35. The van der Waals surface area contributed by atoms with Crippen molar-refractivity contribution in [2.75, 3.05) is 0 Å². The van der Waals surface area contributed by atoms with Crippen molar-refractivity contribution in [3.8, 4) is 5.75 Å². The summed E-state index contributed by atoms with van der Waals surface area (Å²) in [5.41, 5.74) is 0.581. The van der Waals surface area contributed by atoms with Gasteiger partial charge in [-0.1, -0.05) is 19.3 Å². The minimum absolute atomic E-state index is 0.120. The lowest BCUT2D eigenvalue weighted by Gasteiger charge is -2.32. The van der Waals surface area contributed by atoms with E-state index in [1.54, 1.807) is 12.1 Å². The Morgan fingerprint density at radius 1 is 1.19 bits per heavy atom. The summed E-state index contributed by atoms with van der Waals surface area (Å²) in [6, 6.07) is 3.23. The number of ether oxygens (including phenoxy) is 1. The number of carboxylic acid groups (broad SMARTS) is 1. The number of phenols is 1. The Bertz CT molecular complexity index is 722. The molecule has 0 amide bonds. The fourth-order valence-corrected chi connectivity index (χ4v) is 4.85. The second-order valence-corrected chi connectivity index (χ2v) is 8.67. The number of carbonyl (C=O) groups excluding carboxylic acids is 1. The highest BCUT2D eigenvalue weighted by atomic mass is 127. The van der Waals surface area contributed by atoms with Gasteiger partial charge in [0, 0.05) is 12.0 Å². The van der Waals surface area contributed by atoms with Crippen molar-refractivity contribution >= 4 is 63.2 Å². The van der Waals surface area contributed by atoms with Crippen LogP contribution < -0.4 is 0 Å². The average Bonchev–Trinajstić information content (AvgIpc) is 2.62. The lowest BCUT2D eigenvalue weighted by molar-refractivity contribution is -0.200. The predicted octanol–water partition coefficient (Wildman–Crippen LogP) is 4.83. The predicted molar refractivity (Wildman–Crippen MR) is 112 cm³/mol. The smallest absolute Gasteiger partial charge is 0.378 e. The van der Waals surface area contributed by atoms with Crippen LogP contribution >= 0.6 is 45.2 Å². The van der Waals surface area contributed by atoms with Crippen LogP contribution in [0.4, 0.5) is 8.78 Å². The Labute approximate surface area is 182 Å². The van der Waals surface area contributed by atoms with Gasteiger partial charge < -0.3 is 14.9 Å². The van der Waals surface area contributed by atoms with Gasteiger partial charge in [0.15, 0.2) is 6.10 Å². The number of hydrogen-bond donors (Lipinski definition) is 2. The first kappa shape index (κ1) is 22.3. The van der Waals surface area contributed by atoms with Crippen molar-refractivity contribution in [3.05, 3.63) is 30.9 Å². The van der Waals surface area contributed by atoms with Gasteiger partial charge in [0.05, 0.1) is 7.14 Å². The number of carboxylic acids is 1. The highest BCUT2D eigenvalue weighted by molar-refractivity contribution is 14.1. The quantitative estimate of drug-likeness (QED) is 0.276. The maximum absolute atomic E-state index is 14.1. The Morgan fingerprint density at radius 3 is 2.26 bits per heavy atom. The van der Waals surface area contributed by atoms with Gasteiger partial charge >= 0.3 is 17.9 Å². The summed E-state index contributed by atoms with van der Waals surface area (Å²) in [6.45, 7) is 0. The van der Waals surface area contributed by atoms with Gasteiger partial charge in [0.25, 0.3) is 0 Å². The van der Waals surface area contributed by atoms with Crippen molar-refractivity contribution in [2.45, 2.75) is 44.1 Å². The molecule has 1 aliphatic carbocycles. The fourth-order valence-electron chi connectivity index (χ4n) is 3.03. The third-order valence-electron chi connectivity index (χ3n) is 4.41. The van der Waals surface area contributed by atoms with Gasteiger partial charge in [-0.25, -0.2) is 9.59 Å². The summed E-state index contributed by atoms with van der Waals surface area (Å²) in [5, 5.41) is 18.6. The minimum Gasteiger partial charge on any atom is -0.506 e. The van der Waals surface area contributed by atoms with Gasteiger partial charge in [-0.3, -0.25) is 0 Å². The number of hydrogen-bond acceptors (Lipinski definition) is 4. The van der Waals surface area contributed by atoms with E-state index in [-0.39, 0.29) is 5.75 Å². The topological polar surface area (TPSA) is 83.8 Å². The van der Waals surface area contributed by atoms with E-state index in [2.05, 4.69) is 0 Å². The van der Waals surface area contributed by atoms with Crippen LogP contribution in [0, 0.1) is 13.1 Å². The molecule has 1 aromatic carbocycles. The molecule has 9 heteroatoms. The molecule has 1 unspecified atom stereocenters. The monoisotopic (exact) mass is 606 g/mol. The lowest BCUT2D eigenvalue weighted by Crippen LogP contribution is -2.48. The van der Waals surface area contributed by atoms with Crippen molar-refractivity contribution < 1.29 is 33.3 Å². The molecule has 27 heavy (non-hydrogen) atoms. The van der Waals surface area contributed by atoms with E-state index in [0.29, 0.717) is 38.4 Å². The first-order valence-electron chi connectivity index (χ1n) is 8.31. The number of halogens is 4. The lowest BCUT2D eigenvalue weighted by atomic mass is 9.83. The summed E-state index contributed by atoms with van der Waals surface area (Å²) in [4.78, 5) is 23.1. The molecule has 0 heterocycles. The molecule has 0 saturated heterocycles. The molecule has 0 aliphatic heterocycles. The zero-order chi connectivity index (χ0) is 20.2. The van der Waals surface area contributed by atoms with Crippen LogP contribution in [-0.4, -0.2) is 34.2 Å². The van der Waals surface area contributed by atoms with Crippen molar-refractivity contribution in [1.82, 2.24) is 0 Å². The number of carbonyl (C=O) groups is 2. The number of aromatic hydroxyl groups is 1. The standard InChI is InChI=1S/C18H18F2I2O5/c19-18(20,17(25)26)16(11-4-2-1-3-5-11)27-14(23)7-6-10-8-12(21)15(24)13(22)9-10/h6-9,11,16,24H,1-5H2,(H,25,26)/b7-6+. The number of phenolic OH excluding ortho intramolecular Hbond substituents is 1. The summed E-state index contributed by atoms with van der Waals surface area (Å²) in [7, 11) is 0. The van der Waals surface area contributed by atoms with Crippen molar-refractivity contribution in [3.63, 3.8) is 0 Å². The van der Waals surface area contributed by atoms with Crippen LogP contribution in [0.1, 0.15) is 37.7 Å². The molecule has 1 aromatic rings. The molecule has 0 spiro atoms. The summed E-state index contributed by atoms with van der Waals surface area (Å²) in [6.07, 6.45) is 3.48. The molecule has 0 aromatic heterocycles. The van der Waals surface area contributed by atoms with Crippen LogP contribution in [0.5, 0.6) is 5.75 Å². The number of rotatable bonds is 6. The maximum Gasteiger partial charge on any atom is 0.378 e. The van der Waals surface area contributed by atoms with Gasteiger partial charge in [0.1, 0.15) is 5.75 Å². The van der Waals surface area contributed by atoms with Gasteiger partial charge in [-0.15, -0.1) is 0 Å². The first-order valence-corrected chi connectivity index (χ1v) is 10.5. The van der Waals surface area contributed by atoms with E-state index in [1.807, 2.05) is 45.2 Å². The SMILES string of the molecule is O=C(/C=C/c1cc(I)c(O)c(I)c1)OC(C1CCCCC1)C(F)(F)C(=O)O. The van der Waals surface area contributed by atoms with Crippen LogP contribution in [-0.2, 0) is 14.3 Å². The molecule has 0 radical (unpaired) electrons. The average molecular weight is 606 g/mol. The summed E-state index contributed by atoms with van der Waals surface area (Å²) >= 11 is 3.86. The molecule has 148 valence electrons. The Balaban J connectivity index is 2.16. The van der Waals surface area contributed by atoms with E-state index in [1.165, 1.54) is 6.08 Å². The van der Waals surface area contributed by atoms with E-state index in [9.17, 15) is 23.5 Å². The van der Waals surface area contributed by atoms with Gasteiger partial charge in [-0.05, 0) is 81.8 Å². The number of aliphatic carboxylic acids is 1. The van der Waals surface area contributed by atoms with E-state index < -0.39 is 29.9 Å². The Kier molecular flexibility index (Phi) is 7.83. The minimum atomic E-state index is -4.14. The zero-order valence-electron chi connectivity index (χ0n) is 14.1. The summed E-state index contributed by atoms with van der Waals surface area (Å²) in [5.74, 6) is -8.02. The molecular formula is C18H18F2I2O5. The number of benzene rings is 1. The molecule has 1 fully saturated rings. The Morgan fingerprint density at radius 2 is 1.74 bits per heavy atom. The normalized spacial score (nSPS) is 17.0. The Hall–Kier alpha value is -0.980. The summed E-state index contributed by atoms with van der Waals surface area (Å²) < 4.78 is 34.3. The molecule has 1 aliphatic rings. The zero-order valence-corrected chi connectivity index (χ0v) is 18.4. The molecule has 0 bridgehead atoms. The highest BCUT2D eigenvalue weighted by Gasteiger charge is 2.53. The molecule has 2 N–H and O–H groups in total. The molecule has 2 rings (SSSR count). The number of esters is 1. The van der Waals surface area contributed by atoms with E-state index >= 15 is 0 Å². The molecule has 1 saturated carbocycles. The van der Waals surface area contributed by atoms with Crippen LogP contribution in [0.3, 0.4) is 0 Å². The van der Waals surface area contributed by atoms with Gasteiger partial charge in [-0.2, -0.15) is 8.78 Å². The van der Waals surface area contributed by atoms with E-state index in [0.717, 1.165) is 12.5 Å². The van der Waals surface area contributed by atoms with Crippen molar-refractivity contribution in [2.24, 2.45) is 5.92 Å². The van der Waals surface area contributed by atoms with Crippen LogP contribution in [0.25, 0.3) is 6.08 Å². The van der Waals surface area contributed by atoms with E-state index in [4.69, 9.17) is 9.84 Å². The molecule has 5 nitrogen and oxygen atoms in total. The molecular weight excluding hydrogens is 588 g/mol. The van der Waals surface area contributed by atoms with Crippen LogP contribution in [0.15, 0.2) is 18.2 Å². The number of alkyl halides is 2. The first-order chi connectivity index (χ1) is 12.6. The van der Waals surface area contributed by atoms with Crippen LogP contribution in [0.2, 0.25) is 0 Å². The molecule has 1 atom stereocenters. The fraction of sp³-hybridized carbons (Fsp3) is 0.444. The maximum atomic E-state index is 14.1. The van der Waals surface area contributed by atoms with Gasteiger partial charge in [0.2, 0.25) is 0 Å². The van der Waals surface area contributed by atoms with Crippen molar-refractivity contribution in [1.29, 1.82) is 0 Å². The largest absolute Gasteiger partial charge is 0.506 e.